The summed E-state index contributed by atoms with van der Waals surface area (Å²) in [5.74, 6) is 0.161. The summed E-state index contributed by atoms with van der Waals surface area (Å²) >= 11 is 0. The summed E-state index contributed by atoms with van der Waals surface area (Å²) in [6.07, 6.45) is 2.54. The van der Waals surface area contributed by atoms with Crippen LogP contribution in [0.4, 0.5) is 4.39 Å². The number of halogens is 1. The van der Waals surface area contributed by atoms with E-state index in [1.54, 1.807) is 19.1 Å². The van der Waals surface area contributed by atoms with Crippen molar-refractivity contribution in [2.75, 3.05) is 6.61 Å². The van der Waals surface area contributed by atoms with E-state index in [2.05, 4.69) is 6.07 Å². The Morgan fingerprint density at radius 2 is 2.28 bits per heavy atom. The summed E-state index contributed by atoms with van der Waals surface area (Å²) in [5, 5.41) is 8.70. The van der Waals surface area contributed by atoms with Gasteiger partial charge < -0.3 is 10.5 Å². The number of rotatable bonds is 5. The maximum absolute atomic E-state index is 13.7. The second-order valence-electron chi connectivity index (χ2n) is 5.10. The minimum absolute atomic E-state index is 0.00502. The highest BCUT2D eigenvalue weighted by Gasteiger charge is 2.43. The molecule has 0 radical (unpaired) electrons. The highest BCUT2D eigenvalue weighted by Crippen LogP contribution is 2.48. The van der Waals surface area contributed by atoms with Crippen LogP contribution in [0.2, 0.25) is 0 Å². The first kappa shape index (κ1) is 12.8. The van der Waals surface area contributed by atoms with Gasteiger partial charge in [0.15, 0.2) is 0 Å². The van der Waals surface area contributed by atoms with Gasteiger partial charge in [0.05, 0.1) is 12.7 Å². The predicted molar refractivity (Wildman–Crippen MR) is 66.4 cm³/mol. The summed E-state index contributed by atoms with van der Waals surface area (Å²) in [4.78, 5) is 0. The Bertz CT molecular complexity index is 475. The first-order chi connectivity index (χ1) is 8.56. The van der Waals surface area contributed by atoms with Crippen molar-refractivity contribution in [2.24, 2.45) is 11.1 Å². The lowest BCUT2D eigenvalue weighted by molar-refractivity contribution is 0.236. The molecule has 1 aliphatic rings. The van der Waals surface area contributed by atoms with Crippen molar-refractivity contribution in [2.45, 2.75) is 32.2 Å². The van der Waals surface area contributed by atoms with E-state index in [1.807, 2.05) is 0 Å². The van der Waals surface area contributed by atoms with Crippen LogP contribution in [0.1, 0.15) is 37.8 Å². The minimum atomic E-state index is -0.340. The summed E-state index contributed by atoms with van der Waals surface area (Å²) in [6.45, 7) is 2.22. The molecule has 1 aliphatic carbocycles. The van der Waals surface area contributed by atoms with E-state index >= 15 is 0 Å². The molecule has 1 aromatic rings. The van der Waals surface area contributed by atoms with Gasteiger partial charge >= 0.3 is 0 Å². The maximum atomic E-state index is 13.7. The molecule has 0 saturated heterocycles. The van der Waals surface area contributed by atoms with Gasteiger partial charge in [-0.25, -0.2) is 4.39 Å². The molecule has 0 aromatic heterocycles. The summed E-state index contributed by atoms with van der Waals surface area (Å²) in [6, 6.07) is 6.59. The molecule has 1 aromatic carbocycles. The molecule has 4 heteroatoms. The highest BCUT2D eigenvalue weighted by atomic mass is 19.1. The van der Waals surface area contributed by atoms with Crippen molar-refractivity contribution < 1.29 is 9.13 Å². The van der Waals surface area contributed by atoms with Crippen LogP contribution in [0.25, 0.3) is 0 Å². The molecule has 1 atom stereocenters. The van der Waals surface area contributed by atoms with E-state index in [0.29, 0.717) is 24.3 Å². The Hall–Kier alpha value is -1.60. The van der Waals surface area contributed by atoms with Crippen LogP contribution in [-0.4, -0.2) is 6.61 Å². The second kappa shape index (κ2) is 4.95. The molecule has 1 unspecified atom stereocenters. The number of benzene rings is 1. The van der Waals surface area contributed by atoms with Gasteiger partial charge in [0.2, 0.25) is 0 Å². The molecule has 3 nitrogen and oxygen atoms in total. The van der Waals surface area contributed by atoms with Gasteiger partial charge in [-0.15, -0.1) is 0 Å². The van der Waals surface area contributed by atoms with Gasteiger partial charge in [-0.1, -0.05) is 6.07 Å². The van der Waals surface area contributed by atoms with Gasteiger partial charge in [0, 0.05) is 29.5 Å². The summed E-state index contributed by atoms with van der Waals surface area (Å²) < 4.78 is 19.2. The average Bonchev–Trinajstić information content (AvgIpc) is 3.07. The molecular formula is C14H17FN2O. The molecule has 18 heavy (non-hydrogen) atoms. The molecule has 1 saturated carbocycles. The van der Waals surface area contributed by atoms with Crippen molar-refractivity contribution in [1.29, 1.82) is 5.26 Å². The smallest absolute Gasteiger partial charge is 0.131 e. The van der Waals surface area contributed by atoms with Gasteiger partial charge in [-0.2, -0.15) is 5.26 Å². The van der Waals surface area contributed by atoms with Gasteiger partial charge in [-0.05, 0) is 25.8 Å². The van der Waals surface area contributed by atoms with Gasteiger partial charge in [0.25, 0.3) is 0 Å². The third-order valence-electron chi connectivity index (χ3n) is 3.42. The molecule has 2 rings (SSSR count). The Morgan fingerprint density at radius 1 is 1.56 bits per heavy atom. The van der Waals surface area contributed by atoms with Crippen molar-refractivity contribution >= 4 is 0 Å². The summed E-state index contributed by atoms with van der Waals surface area (Å²) in [7, 11) is 0. The van der Waals surface area contributed by atoms with Crippen LogP contribution in [0, 0.1) is 22.6 Å². The first-order valence-electron chi connectivity index (χ1n) is 6.11. The lowest BCUT2D eigenvalue weighted by Crippen LogP contribution is -2.13. The number of nitrogens with two attached hydrogens (primary N) is 1. The SMILES string of the molecule is CC(N)c1ccc(OCC2(CC#N)CC2)cc1F. The molecule has 0 heterocycles. The van der Waals surface area contributed by atoms with Crippen LogP contribution in [0.5, 0.6) is 5.75 Å². The Balaban J connectivity index is 1.99. The molecular weight excluding hydrogens is 231 g/mol. The zero-order valence-electron chi connectivity index (χ0n) is 10.4. The zero-order chi connectivity index (χ0) is 13.2. The van der Waals surface area contributed by atoms with E-state index in [4.69, 9.17) is 15.7 Å². The lowest BCUT2D eigenvalue weighted by Gasteiger charge is -2.14. The standard InChI is InChI=1S/C14H17FN2O/c1-10(17)12-3-2-11(8-13(12)15)18-9-14(4-5-14)6-7-16/h2-3,8,10H,4-6,9,17H2,1H3. The fraction of sp³-hybridized carbons (Fsp3) is 0.500. The summed E-state index contributed by atoms with van der Waals surface area (Å²) in [5.41, 5.74) is 6.13. The maximum Gasteiger partial charge on any atom is 0.131 e. The first-order valence-corrected chi connectivity index (χ1v) is 6.11. The zero-order valence-corrected chi connectivity index (χ0v) is 10.4. The minimum Gasteiger partial charge on any atom is -0.493 e. The third kappa shape index (κ3) is 2.80. The van der Waals surface area contributed by atoms with Gasteiger partial charge in [0.1, 0.15) is 11.6 Å². The van der Waals surface area contributed by atoms with Crippen molar-refractivity contribution in [1.82, 2.24) is 0 Å². The Morgan fingerprint density at radius 3 is 2.78 bits per heavy atom. The van der Waals surface area contributed by atoms with Crippen molar-refractivity contribution in [3.63, 3.8) is 0 Å². The fourth-order valence-electron chi connectivity index (χ4n) is 1.92. The third-order valence-corrected chi connectivity index (χ3v) is 3.42. The second-order valence-corrected chi connectivity index (χ2v) is 5.10. The topological polar surface area (TPSA) is 59.0 Å². The van der Waals surface area contributed by atoms with Crippen LogP contribution in [0.15, 0.2) is 18.2 Å². The Labute approximate surface area is 106 Å². The molecule has 0 aliphatic heterocycles. The fourth-order valence-corrected chi connectivity index (χ4v) is 1.92. The Kier molecular flexibility index (Phi) is 3.53. The molecule has 0 amide bonds. The number of hydrogen-bond acceptors (Lipinski definition) is 3. The predicted octanol–water partition coefficient (Wildman–Crippen LogP) is 2.92. The number of nitrogens with zero attached hydrogens (tertiary/aromatic N) is 1. The number of nitriles is 1. The van der Waals surface area contributed by atoms with Crippen LogP contribution in [0.3, 0.4) is 0 Å². The quantitative estimate of drug-likeness (QED) is 0.871. The molecule has 0 spiro atoms. The van der Waals surface area contributed by atoms with E-state index in [-0.39, 0.29) is 17.3 Å². The average molecular weight is 248 g/mol. The lowest BCUT2D eigenvalue weighted by atomic mass is 10.1. The van der Waals surface area contributed by atoms with Crippen LogP contribution < -0.4 is 10.5 Å². The number of hydrogen-bond donors (Lipinski definition) is 1. The monoisotopic (exact) mass is 248 g/mol. The van der Waals surface area contributed by atoms with Crippen molar-refractivity contribution in [3.05, 3.63) is 29.6 Å². The van der Waals surface area contributed by atoms with E-state index in [0.717, 1.165) is 12.8 Å². The largest absolute Gasteiger partial charge is 0.493 e. The van der Waals surface area contributed by atoms with Gasteiger partial charge in [-0.3, -0.25) is 0 Å². The molecule has 1 fully saturated rings. The van der Waals surface area contributed by atoms with Crippen molar-refractivity contribution in [3.8, 4) is 11.8 Å². The van der Waals surface area contributed by atoms with Crippen LogP contribution in [-0.2, 0) is 0 Å². The van der Waals surface area contributed by atoms with E-state index < -0.39 is 0 Å². The van der Waals surface area contributed by atoms with Crippen LogP contribution >= 0.6 is 0 Å². The van der Waals surface area contributed by atoms with E-state index in [1.165, 1.54) is 6.07 Å². The normalized spacial score (nSPS) is 17.9. The van der Waals surface area contributed by atoms with E-state index in [9.17, 15) is 4.39 Å². The highest BCUT2D eigenvalue weighted by molar-refractivity contribution is 5.30. The molecule has 2 N–H and O–H groups in total. The molecule has 0 bridgehead atoms. The molecule has 96 valence electrons. The number of ether oxygens (including phenoxy) is 1.